The molecular weight excluding hydrogens is 234 g/mol. The number of rotatable bonds is 3. The van der Waals surface area contributed by atoms with E-state index in [0.717, 1.165) is 6.08 Å². The van der Waals surface area contributed by atoms with Gasteiger partial charge in [0.15, 0.2) is 0 Å². The van der Waals surface area contributed by atoms with Crippen molar-refractivity contribution in [3.8, 4) is 0 Å². The summed E-state index contributed by atoms with van der Waals surface area (Å²) in [4.78, 5) is 35.3. The van der Waals surface area contributed by atoms with Crippen molar-refractivity contribution in [3.05, 3.63) is 41.5 Å². The summed E-state index contributed by atoms with van der Waals surface area (Å²) in [5.41, 5.74) is 1.40. The summed E-state index contributed by atoms with van der Waals surface area (Å²) in [6.45, 7) is 1.71. The maximum atomic E-state index is 11.8. The Hall–Kier alpha value is -2.43. The summed E-state index contributed by atoms with van der Waals surface area (Å²) in [5.74, 6) is -2.23. The van der Waals surface area contributed by atoms with Gasteiger partial charge in [-0.3, -0.25) is 9.59 Å². The molecule has 1 amide bonds. The average molecular weight is 245 g/mol. The molecule has 0 aromatic heterocycles. The van der Waals surface area contributed by atoms with Crippen molar-refractivity contribution in [3.63, 3.8) is 0 Å². The molecule has 0 saturated carbocycles. The van der Waals surface area contributed by atoms with E-state index in [0.29, 0.717) is 16.8 Å². The second kappa shape index (κ2) is 4.44. The number of benzene rings is 1. The molecule has 1 aliphatic rings. The van der Waals surface area contributed by atoms with Gasteiger partial charge in [0.1, 0.15) is 0 Å². The molecule has 5 heteroatoms. The Morgan fingerprint density at radius 2 is 2.00 bits per heavy atom. The van der Waals surface area contributed by atoms with Crippen molar-refractivity contribution < 1.29 is 19.5 Å². The molecule has 1 N–H and O–H groups in total. The smallest absolute Gasteiger partial charge is 0.328 e. The van der Waals surface area contributed by atoms with Gasteiger partial charge in [0.2, 0.25) is 0 Å². The standard InChI is InChI=1S/C13H11NO4/c1-8(6-11(15)16)7-14-10-5-3-2-4-9(10)12(17)13(14)18/h2-6H,7H2,1H3,(H,15,16). The number of hydrogen-bond acceptors (Lipinski definition) is 3. The van der Waals surface area contributed by atoms with Crippen LogP contribution in [0.15, 0.2) is 35.9 Å². The van der Waals surface area contributed by atoms with Crippen molar-refractivity contribution in [2.75, 3.05) is 11.4 Å². The van der Waals surface area contributed by atoms with Gasteiger partial charge in [-0.05, 0) is 24.6 Å². The minimum absolute atomic E-state index is 0.105. The van der Waals surface area contributed by atoms with Crippen molar-refractivity contribution in [1.82, 2.24) is 0 Å². The molecule has 0 saturated heterocycles. The Balaban J connectivity index is 2.33. The number of fused-ring (bicyclic) bond motifs is 1. The predicted octanol–water partition coefficient (Wildman–Crippen LogP) is 1.25. The van der Waals surface area contributed by atoms with E-state index in [4.69, 9.17) is 5.11 Å². The number of para-hydroxylation sites is 1. The number of amides is 1. The maximum Gasteiger partial charge on any atom is 0.328 e. The molecule has 2 rings (SSSR count). The van der Waals surface area contributed by atoms with Crippen LogP contribution in [0.2, 0.25) is 0 Å². The number of hydrogen-bond donors (Lipinski definition) is 1. The Kier molecular flexibility index (Phi) is 2.97. The molecule has 1 aromatic rings. The lowest BCUT2D eigenvalue weighted by molar-refractivity contribution is -0.131. The lowest BCUT2D eigenvalue weighted by Gasteiger charge is -2.16. The summed E-state index contributed by atoms with van der Waals surface area (Å²) in [6.07, 6.45) is 1.03. The van der Waals surface area contributed by atoms with Crippen LogP contribution in [0.5, 0.6) is 0 Å². The third kappa shape index (κ3) is 2.02. The van der Waals surface area contributed by atoms with Crippen molar-refractivity contribution in [2.45, 2.75) is 6.92 Å². The van der Waals surface area contributed by atoms with E-state index in [1.54, 1.807) is 31.2 Å². The fourth-order valence-electron chi connectivity index (χ4n) is 1.91. The molecule has 0 aliphatic carbocycles. The van der Waals surface area contributed by atoms with Crippen LogP contribution in [0, 0.1) is 0 Å². The van der Waals surface area contributed by atoms with Gasteiger partial charge in [-0.2, -0.15) is 0 Å². The monoisotopic (exact) mass is 245 g/mol. The van der Waals surface area contributed by atoms with Crippen LogP contribution in [0.3, 0.4) is 0 Å². The molecule has 92 valence electrons. The van der Waals surface area contributed by atoms with Crippen LogP contribution in [-0.2, 0) is 9.59 Å². The minimum Gasteiger partial charge on any atom is -0.478 e. The molecule has 18 heavy (non-hydrogen) atoms. The zero-order valence-corrected chi connectivity index (χ0v) is 9.71. The van der Waals surface area contributed by atoms with Crippen LogP contribution in [-0.4, -0.2) is 29.3 Å². The Labute approximate surface area is 103 Å². The number of carboxylic acid groups (broad SMARTS) is 1. The molecule has 0 atom stereocenters. The Morgan fingerprint density at radius 1 is 1.33 bits per heavy atom. The van der Waals surface area contributed by atoms with Gasteiger partial charge in [0, 0.05) is 12.6 Å². The van der Waals surface area contributed by atoms with Gasteiger partial charge in [-0.25, -0.2) is 4.79 Å². The van der Waals surface area contributed by atoms with Crippen LogP contribution in [0.1, 0.15) is 17.3 Å². The third-order valence-electron chi connectivity index (χ3n) is 2.66. The highest BCUT2D eigenvalue weighted by Crippen LogP contribution is 2.28. The Bertz CT molecular complexity index is 574. The van der Waals surface area contributed by atoms with Crippen LogP contribution < -0.4 is 4.90 Å². The molecule has 1 aromatic carbocycles. The first-order chi connectivity index (χ1) is 8.50. The van der Waals surface area contributed by atoms with E-state index >= 15 is 0 Å². The number of nitrogens with zero attached hydrogens (tertiary/aromatic N) is 1. The van der Waals surface area contributed by atoms with E-state index in [1.165, 1.54) is 4.90 Å². The SMILES string of the molecule is CC(=CC(=O)O)CN1C(=O)C(=O)c2ccccc21. The van der Waals surface area contributed by atoms with Crippen LogP contribution in [0.25, 0.3) is 0 Å². The molecule has 0 bridgehead atoms. The first kappa shape index (κ1) is 12.0. The third-order valence-corrected chi connectivity index (χ3v) is 2.66. The number of carbonyl (C=O) groups excluding carboxylic acids is 2. The summed E-state index contributed by atoms with van der Waals surface area (Å²) in [5, 5.41) is 8.62. The quantitative estimate of drug-likeness (QED) is 0.642. The van der Waals surface area contributed by atoms with Gasteiger partial charge in [-0.15, -0.1) is 0 Å². The van der Waals surface area contributed by atoms with Crippen LogP contribution >= 0.6 is 0 Å². The first-order valence-corrected chi connectivity index (χ1v) is 5.36. The van der Waals surface area contributed by atoms with Gasteiger partial charge in [-0.1, -0.05) is 12.1 Å². The largest absolute Gasteiger partial charge is 0.478 e. The highest BCUT2D eigenvalue weighted by Gasteiger charge is 2.35. The molecule has 1 aliphatic heterocycles. The van der Waals surface area contributed by atoms with Crippen molar-refractivity contribution in [2.24, 2.45) is 0 Å². The molecule has 0 radical (unpaired) electrons. The van der Waals surface area contributed by atoms with Gasteiger partial charge < -0.3 is 10.0 Å². The second-order valence-electron chi connectivity index (χ2n) is 4.07. The number of anilines is 1. The van der Waals surface area contributed by atoms with E-state index in [1.807, 2.05) is 0 Å². The van der Waals surface area contributed by atoms with Gasteiger partial charge >= 0.3 is 5.97 Å². The summed E-state index contributed by atoms with van der Waals surface area (Å²) in [7, 11) is 0. The highest BCUT2D eigenvalue weighted by molar-refractivity contribution is 6.52. The summed E-state index contributed by atoms with van der Waals surface area (Å²) < 4.78 is 0. The van der Waals surface area contributed by atoms with Gasteiger partial charge in [0.25, 0.3) is 11.7 Å². The highest BCUT2D eigenvalue weighted by atomic mass is 16.4. The lowest BCUT2D eigenvalue weighted by Crippen LogP contribution is -2.31. The van der Waals surface area contributed by atoms with E-state index in [-0.39, 0.29) is 6.54 Å². The van der Waals surface area contributed by atoms with E-state index < -0.39 is 17.7 Å². The van der Waals surface area contributed by atoms with Gasteiger partial charge in [0.05, 0.1) is 11.3 Å². The fourth-order valence-corrected chi connectivity index (χ4v) is 1.91. The van der Waals surface area contributed by atoms with E-state index in [2.05, 4.69) is 0 Å². The topological polar surface area (TPSA) is 74.7 Å². The zero-order valence-electron chi connectivity index (χ0n) is 9.71. The maximum absolute atomic E-state index is 11.8. The first-order valence-electron chi connectivity index (χ1n) is 5.36. The number of Topliss-reactive ketones (excluding diaryl/α,β-unsaturated/α-hetero) is 1. The number of carbonyl (C=O) groups is 3. The molecule has 0 unspecified atom stereocenters. The normalized spacial score (nSPS) is 14.9. The molecule has 0 fully saturated rings. The second-order valence-corrected chi connectivity index (χ2v) is 4.07. The van der Waals surface area contributed by atoms with E-state index in [9.17, 15) is 14.4 Å². The number of carboxylic acids is 1. The summed E-state index contributed by atoms with van der Waals surface area (Å²) >= 11 is 0. The van der Waals surface area contributed by atoms with Crippen LogP contribution in [0.4, 0.5) is 5.69 Å². The minimum atomic E-state index is -1.07. The number of ketones is 1. The molecular formula is C13H11NO4. The zero-order chi connectivity index (χ0) is 13.3. The molecule has 0 spiro atoms. The van der Waals surface area contributed by atoms with Crippen molar-refractivity contribution in [1.29, 1.82) is 0 Å². The molecule has 1 heterocycles. The predicted molar refractivity (Wildman–Crippen MR) is 64.5 cm³/mol. The summed E-state index contributed by atoms with van der Waals surface area (Å²) in [6, 6.07) is 6.68. The van der Waals surface area contributed by atoms with Crippen molar-refractivity contribution >= 4 is 23.3 Å². The fraction of sp³-hybridized carbons (Fsp3) is 0.154. The average Bonchev–Trinajstić information content (AvgIpc) is 2.54. The number of aliphatic carboxylic acids is 1. The Morgan fingerprint density at radius 3 is 2.67 bits per heavy atom. The molecule has 5 nitrogen and oxygen atoms in total. The lowest BCUT2D eigenvalue weighted by atomic mass is 10.1.